The Morgan fingerprint density at radius 2 is 1.67 bits per heavy atom. The maximum atomic E-state index is 12.1. The largest absolute Gasteiger partial charge is 0.497 e. The van der Waals surface area contributed by atoms with E-state index in [2.05, 4.69) is 5.32 Å². The SMILES string of the molecule is COc1ccc(CNC(=O)[C@@H](C)OC(=O)COc2c(C)cccc2C)cc1. The standard InChI is InChI=1S/C21H25NO5/c1-14-6-5-7-15(2)20(14)26-13-19(23)27-16(3)21(24)22-12-17-8-10-18(25-4)11-9-17/h5-11,16H,12-13H2,1-4H3,(H,22,24)/t16-/m1/s1. The highest BCUT2D eigenvalue weighted by atomic mass is 16.6. The third-order valence-electron chi connectivity index (χ3n) is 4.05. The van der Waals surface area contributed by atoms with Crippen LogP contribution in [0.5, 0.6) is 11.5 Å². The molecule has 0 unspecified atom stereocenters. The lowest BCUT2D eigenvalue weighted by Gasteiger charge is -2.15. The molecule has 2 rings (SSSR count). The fourth-order valence-electron chi connectivity index (χ4n) is 2.52. The van der Waals surface area contributed by atoms with Gasteiger partial charge in [0, 0.05) is 6.54 Å². The van der Waals surface area contributed by atoms with E-state index in [0.717, 1.165) is 22.4 Å². The molecule has 2 aromatic rings. The van der Waals surface area contributed by atoms with E-state index >= 15 is 0 Å². The summed E-state index contributed by atoms with van der Waals surface area (Å²) in [6, 6.07) is 13.1. The van der Waals surface area contributed by atoms with Crippen LogP contribution in [0.25, 0.3) is 0 Å². The lowest BCUT2D eigenvalue weighted by molar-refractivity contribution is -0.156. The van der Waals surface area contributed by atoms with E-state index in [-0.39, 0.29) is 12.5 Å². The number of esters is 1. The summed E-state index contributed by atoms with van der Waals surface area (Å²) < 4.78 is 15.8. The van der Waals surface area contributed by atoms with E-state index < -0.39 is 12.1 Å². The van der Waals surface area contributed by atoms with Crippen LogP contribution in [0.1, 0.15) is 23.6 Å². The Balaban J connectivity index is 1.78. The van der Waals surface area contributed by atoms with Crippen molar-refractivity contribution < 1.29 is 23.8 Å². The first-order valence-electron chi connectivity index (χ1n) is 8.70. The predicted molar refractivity (Wildman–Crippen MR) is 102 cm³/mol. The number of benzene rings is 2. The molecule has 1 amide bonds. The Bertz CT molecular complexity index is 765. The molecule has 27 heavy (non-hydrogen) atoms. The summed E-state index contributed by atoms with van der Waals surface area (Å²) in [4.78, 5) is 24.1. The zero-order valence-corrected chi connectivity index (χ0v) is 16.1. The van der Waals surface area contributed by atoms with Gasteiger partial charge in [0.15, 0.2) is 12.7 Å². The zero-order valence-electron chi connectivity index (χ0n) is 16.1. The highest BCUT2D eigenvalue weighted by molar-refractivity contribution is 5.83. The van der Waals surface area contributed by atoms with Crippen molar-refractivity contribution >= 4 is 11.9 Å². The van der Waals surface area contributed by atoms with Crippen LogP contribution in [0, 0.1) is 13.8 Å². The van der Waals surface area contributed by atoms with Crippen molar-refractivity contribution in [3.8, 4) is 11.5 Å². The highest BCUT2D eigenvalue weighted by Crippen LogP contribution is 2.22. The second-order valence-electron chi connectivity index (χ2n) is 6.21. The van der Waals surface area contributed by atoms with Gasteiger partial charge in [0.1, 0.15) is 11.5 Å². The average Bonchev–Trinajstić information content (AvgIpc) is 2.66. The van der Waals surface area contributed by atoms with Crippen LogP contribution in [0.3, 0.4) is 0 Å². The van der Waals surface area contributed by atoms with E-state index in [9.17, 15) is 9.59 Å². The van der Waals surface area contributed by atoms with Gasteiger partial charge in [0.2, 0.25) is 0 Å². The first-order chi connectivity index (χ1) is 12.9. The molecule has 0 aliphatic carbocycles. The Kier molecular flexibility index (Phi) is 7.23. The minimum atomic E-state index is -0.905. The van der Waals surface area contributed by atoms with Crippen LogP contribution < -0.4 is 14.8 Å². The Morgan fingerprint density at radius 1 is 1.04 bits per heavy atom. The van der Waals surface area contributed by atoms with Crippen LogP contribution in [0.2, 0.25) is 0 Å². The smallest absolute Gasteiger partial charge is 0.344 e. The second kappa shape index (κ2) is 9.62. The highest BCUT2D eigenvalue weighted by Gasteiger charge is 2.18. The molecule has 0 spiro atoms. The van der Waals surface area contributed by atoms with E-state index in [1.807, 2.05) is 56.3 Å². The van der Waals surface area contributed by atoms with E-state index in [1.165, 1.54) is 6.92 Å². The lowest BCUT2D eigenvalue weighted by atomic mass is 10.1. The van der Waals surface area contributed by atoms with Gasteiger partial charge in [-0.05, 0) is 49.6 Å². The molecule has 6 heteroatoms. The normalized spacial score (nSPS) is 11.4. The third-order valence-corrected chi connectivity index (χ3v) is 4.05. The summed E-state index contributed by atoms with van der Waals surface area (Å²) in [5.74, 6) is 0.443. The second-order valence-corrected chi connectivity index (χ2v) is 6.21. The molecular formula is C21H25NO5. The quantitative estimate of drug-likeness (QED) is 0.722. The van der Waals surface area contributed by atoms with Gasteiger partial charge in [-0.25, -0.2) is 4.79 Å². The van der Waals surface area contributed by atoms with Crippen molar-refractivity contribution in [2.75, 3.05) is 13.7 Å². The number of nitrogens with one attached hydrogen (secondary N) is 1. The summed E-state index contributed by atoms with van der Waals surface area (Å²) in [6.07, 6.45) is -0.905. The summed E-state index contributed by atoms with van der Waals surface area (Å²) in [7, 11) is 1.59. The maximum absolute atomic E-state index is 12.1. The number of amides is 1. The van der Waals surface area contributed by atoms with Crippen LogP contribution >= 0.6 is 0 Å². The topological polar surface area (TPSA) is 73.9 Å². The number of methoxy groups -OCH3 is 1. The number of para-hydroxylation sites is 1. The number of aryl methyl sites for hydroxylation is 2. The first-order valence-corrected chi connectivity index (χ1v) is 8.70. The number of ether oxygens (including phenoxy) is 3. The molecule has 2 aromatic carbocycles. The van der Waals surface area contributed by atoms with Crippen molar-refractivity contribution in [1.29, 1.82) is 0 Å². The molecule has 0 saturated carbocycles. The molecule has 0 saturated heterocycles. The Labute approximate surface area is 159 Å². The zero-order chi connectivity index (χ0) is 19.8. The molecule has 144 valence electrons. The number of hydrogen-bond donors (Lipinski definition) is 1. The number of rotatable bonds is 8. The number of carbonyl (C=O) groups excluding carboxylic acids is 2. The molecule has 0 aromatic heterocycles. The van der Waals surface area contributed by atoms with E-state index in [0.29, 0.717) is 12.3 Å². The lowest BCUT2D eigenvalue weighted by Crippen LogP contribution is -2.36. The van der Waals surface area contributed by atoms with Crippen molar-refractivity contribution in [1.82, 2.24) is 5.32 Å². The molecule has 0 radical (unpaired) electrons. The van der Waals surface area contributed by atoms with Gasteiger partial charge >= 0.3 is 5.97 Å². The average molecular weight is 371 g/mol. The molecule has 1 N–H and O–H groups in total. The van der Waals surface area contributed by atoms with Gasteiger partial charge in [0.05, 0.1) is 7.11 Å². The maximum Gasteiger partial charge on any atom is 0.344 e. The Morgan fingerprint density at radius 3 is 2.26 bits per heavy atom. The summed E-state index contributed by atoms with van der Waals surface area (Å²) in [5.41, 5.74) is 2.79. The first kappa shape index (κ1) is 20.3. The molecule has 1 atom stereocenters. The van der Waals surface area contributed by atoms with Crippen LogP contribution in [-0.2, 0) is 20.9 Å². The fourth-order valence-corrected chi connectivity index (χ4v) is 2.52. The van der Waals surface area contributed by atoms with Gasteiger partial charge in [-0.15, -0.1) is 0 Å². The minimum absolute atomic E-state index is 0.248. The van der Waals surface area contributed by atoms with Crippen LogP contribution in [0.15, 0.2) is 42.5 Å². The summed E-state index contributed by atoms with van der Waals surface area (Å²) in [5, 5.41) is 2.74. The van der Waals surface area contributed by atoms with E-state index in [4.69, 9.17) is 14.2 Å². The molecule has 0 fully saturated rings. The Hall–Kier alpha value is -3.02. The minimum Gasteiger partial charge on any atom is -0.497 e. The number of carbonyl (C=O) groups is 2. The van der Waals surface area contributed by atoms with Crippen molar-refractivity contribution in [3.63, 3.8) is 0 Å². The van der Waals surface area contributed by atoms with Crippen LogP contribution in [0.4, 0.5) is 0 Å². The van der Waals surface area contributed by atoms with Crippen LogP contribution in [-0.4, -0.2) is 31.7 Å². The number of hydrogen-bond acceptors (Lipinski definition) is 5. The van der Waals surface area contributed by atoms with Gasteiger partial charge < -0.3 is 19.5 Å². The van der Waals surface area contributed by atoms with Crippen molar-refractivity contribution in [3.05, 3.63) is 59.2 Å². The van der Waals surface area contributed by atoms with Gasteiger partial charge in [-0.2, -0.15) is 0 Å². The monoisotopic (exact) mass is 371 g/mol. The van der Waals surface area contributed by atoms with Crippen molar-refractivity contribution in [2.24, 2.45) is 0 Å². The van der Waals surface area contributed by atoms with Crippen molar-refractivity contribution in [2.45, 2.75) is 33.4 Å². The van der Waals surface area contributed by atoms with Gasteiger partial charge in [0.25, 0.3) is 5.91 Å². The molecule has 6 nitrogen and oxygen atoms in total. The molecule has 0 aliphatic rings. The summed E-state index contributed by atoms with van der Waals surface area (Å²) in [6.45, 7) is 5.43. The van der Waals surface area contributed by atoms with E-state index in [1.54, 1.807) is 7.11 Å². The molecule has 0 heterocycles. The molecule has 0 aliphatic heterocycles. The molecular weight excluding hydrogens is 346 g/mol. The molecule has 0 bridgehead atoms. The predicted octanol–water partition coefficient (Wildman–Crippen LogP) is 2.94. The summed E-state index contributed by atoms with van der Waals surface area (Å²) >= 11 is 0. The van der Waals surface area contributed by atoms with Gasteiger partial charge in [-0.3, -0.25) is 4.79 Å². The third kappa shape index (κ3) is 6.02. The fraction of sp³-hybridized carbons (Fsp3) is 0.333. The van der Waals surface area contributed by atoms with Gasteiger partial charge in [-0.1, -0.05) is 30.3 Å².